The van der Waals surface area contributed by atoms with Gasteiger partial charge in [-0.05, 0) is 30.7 Å². The predicted molar refractivity (Wildman–Crippen MR) is 145 cm³/mol. The number of para-hydroxylation sites is 1. The summed E-state index contributed by atoms with van der Waals surface area (Å²) in [5.74, 6) is -2.79. The van der Waals surface area contributed by atoms with Crippen molar-refractivity contribution in [3.05, 3.63) is 84.5 Å². The number of esters is 2. The maximum absolute atomic E-state index is 14.1. The minimum absolute atomic E-state index is 0.0431. The Labute approximate surface area is 236 Å². The lowest BCUT2D eigenvalue weighted by atomic mass is 9.95. The van der Waals surface area contributed by atoms with Crippen LogP contribution in [0.4, 0.5) is 5.69 Å². The summed E-state index contributed by atoms with van der Waals surface area (Å²) >= 11 is 0.957. The number of methoxy groups -OCH3 is 2. The molecule has 1 amide bonds. The van der Waals surface area contributed by atoms with Crippen molar-refractivity contribution in [2.45, 2.75) is 19.9 Å². The Kier molecular flexibility index (Phi) is 7.05. The molecule has 0 bridgehead atoms. The van der Waals surface area contributed by atoms with E-state index in [1.54, 1.807) is 37.3 Å². The van der Waals surface area contributed by atoms with E-state index in [2.05, 4.69) is 4.99 Å². The second-order valence-electron chi connectivity index (χ2n) is 9.08. The van der Waals surface area contributed by atoms with Gasteiger partial charge < -0.3 is 19.3 Å². The molecule has 0 saturated carbocycles. The number of nitrogens with zero attached hydrogens (tertiary/aromatic N) is 3. The Morgan fingerprint density at radius 2 is 1.80 bits per heavy atom. The summed E-state index contributed by atoms with van der Waals surface area (Å²) in [6.45, 7) is 2.27. The summed E-state index contributed by atoms with van der Waals surface area (Å²) in [4.78, 5) is 69.5. The van der Waals surface area contributed by atoms with Gasteiger partial charge in [-0.2, -0.15) is 0 Å². The van der Waals surface area contributed by atoms with Crippen LogP contribution < -0.4 is 29.3 Å². The Morgan fingerprint density at radius 1 is 1.07 bits per heavy atom. The Hall–Kier alpha value is -5.04. The highest BCUT2D eigenvalue weighted by atomic mass is 32.1. The summed E-state index contributed by atoms with van der Waals surface area (Å²) < 4.78 is 17.0. The summed E-state index contributed by atoms with van der Waals surface area (Å²) in [7, 11) is 2.59. The van der Waals surface area contributed by atoms with Crippen molar-refractivity contribution >= 4 is 46.4 Å². The number of hydrogen-bond acceptors (Lipinski definition) is 10. The summed E-state index contributed by atoms with van der Waals surface area (Å²) in [5, 5.41) is 9.40. The number of anilines is 1. The Balaban J connectivity index is 1.79. The molecule has 0 aliphatic carbocycles. The van der Waals surface area contributed by atoms with E-state index in [1.165, 1.54) is 37.8 Å². The molecular weight excluding hydrogens is 554 g/mol. The Morgan fingerprint density at radius 3 is 2.46 bits per heavy atom. The first-order valence-electron chi connectivity index (χ1n) is 12.2. The van der Waals surface area contributed by atoms with E-state index in [4.69, 9.17) is 14.2 Å². The molecule has 3 heterocycles. The molecule has 0 spiro atoms. The molecule has 0 fully saturated rings. The first-order valence-corrected chi connectivity index (χ1v) is 13.0. The highest BCUT2D eigenvalue weighted by Gasteiger charge is 2.38. The maximum atomic E-state index is 14.1. The van der Waals surface area contributed by atoms with Gasteiger partial charge in [-0.15, -0.1) is 0 Å². The smallest absolute Gasteiger partial charge is 0.338 e. The van der Waals surface area contributed by atoms with Gasteiger partial charge in [0.25, 0.3) is 11.5 Å². The molecule has 41 heavy (non-hydrogen) atoms. The summed E-state index contributed by atoms with van der Waals surface area (Å²) in [6, 6.07) is 10.2. The molecule has 1 atom stereocenters. The van der Waals surface area contributed by atoms with E-state index < -0.39 is 42.0 Å². The van der Waals surface area contributed by atoms with Crippen molar-refractivity contribution in [3.63, 3.8) is 0 Å². The molecule has 1 aromatic heterocycles. The molecule has 0 radical (unpaired) electrons. The molecule has 1 N–H and O–H groups in total. The average Bonchev–Trinajstić information content (AvgIpc) is 3.39. The van der Waals surface area contributed by atoms with Crippen LogP contribution in [-0.2, 0) is 23.9 Å². The molecule has 0 saturated heterocycles. The normalized spacial score (nSPS) is 17.0. The Bertz CT molecular complexity index is 1870. The fraction of sp³-hybridized carbons (Fsp3) is 0.214. The molecule has 13 heteroatoms. The van der Waals surface area contributed by atoms with E-state index in [0.717, 1.165) is 16.2 Å². The van der Waals surface area contributed by atoms with Crippen LogP contribution >= 0.6 is 11.3 Å². The number of ether oxygens (including phenoxy) is 3. The lowest BCUT2D eigenvalue weighted by Crippen LogP contribution is -2.41. The molecule has 210 valence electrons. The van der Waals surface area contributed by atoms with Gasteiger partial charge in [-0.25, -0.2) is 9.79 Å². The number of amides is 1. The van der Waals surface area contributed by atoms with Gasteiger partial charge >= 0.3 is 17.9 Å². The van der Waals surface area contributed by atoms with Crippen LogP contribution in [0.3, 0.4) is 0 Å². The second-order valence-corrected chi connectivity index (χ2v) is 10.1. The van der Waals surface area contributed by atoms with Gasteiger partial charge in [-0.3, -0.25) is 28.6 Å². The van der Waals surface area contributed by atoms with Crippen LogP contribution in [0, 0.1) is 0 Å². The molecule has 3 aromatic rings. The minimum Gasteiger partial charge on any atom is -0.493 e. The zero-order valence-electron chi connectivity index (χ0n) is 22.3. The lowest BCUT2D eigenvalue weighted by molar-refractivity contribution is -0.137. The van der Waals surface area contributed by atoms with Crippen molar-refractivity contribution < 1.29 is 38.5 Å². The summed E-state index contributed by atoms with van der Waals surface area (Å²) in [5.41, 5.74) is 1.04. The number of fused-ring (bicyclic) bond motifs is 2. The van der Waals surface area contributed by atoms with Crippen molar-refractivity contribution in [2.24, 2.45) is 4.99 Å². The van der Waals surface area contributed by atoms with Gasteiger partial charge in [0.15, 0.2) is 16.3 Å². The monoisotopic (exact) mass is 577 g/mol. The third kappa shape index (κ3) is 4.59. The number of carbonyl (C=O) groups excluding carboxylic acids is 3. The van der Waals surface area contributed by atoms with Gasteiger partial charge in [-0.1, -0.05) is 35.6 Å². The van der Waals surface area contributed by atoms with Crippen molar-refractivity contribution in [2.75, 3.05) is 25.7 Å². The number of hydrogen-bond donors (Lipinski definition) is 1. The van der Waals surface area contributed by atoms with Crippen LogP contribution in [0.1, 0.15) is 31.0 Å². The van der Waals surface area contributed by atoms with E-state index in [1.807, 2.05) is 0 Å². The summed E-state index contributed by atoms with van der Waals surface area (Å²) in [6.07, 6.45) is 0. The standard InChI is InChI=1S/C28H23N3O9S/c1-13-21(27(37)39-4)23(15-9-10-18(40-14(2)32)19(11-15)38-3)31-26(36)24(41-28(31)29-13)22-16-7-5-6-8-17(16)30(25(22)35)12-20(33)34/h5-11,23H,12H2,1-4H3,(H,33,34)/b24-22-. The quantitative estimate of drug-likeness (QED) is 0.336. The lowest BCUT2D eigenvalue weighted by Gasteiger charge is -2.25. The van der Waals surface area contributed by atoms with Gasteiger partial charge in [0.1, 0.15) is 11.1 Å². The number of thiazole rings is 1. The van der Waals surface area contributed by atoms with E-state index in [-0.39, 0.29) is 32.0 Å². The van der Waals surface area contributed by atoms with Crippen molar-refractivity contribution in [1.29, 1.82) is 0 Å². The number of allylic oxidation sites excluding steroid dienone is 1. The molecule has 12 nitrogen and oxygen atoms in total. The molecule has 1 unspecified atom stereocenters. The fourth-order valence-corrected chi connectivity index (χ4v) is 6.08. The van der Waals surface area contributed by atoms with Crippen LogP contribution in [0.15, 0.2) is 63.5 Å². The van der Waals surface area contributed by atoms with Crippen LogP contribution in [-0.4, -0.2) is 54.3 Å². The number of rotatable bonds is 6. The van der Waals surface area contributed by atoms with Gasteiger partial charge in [0, 0.05) is 12.5 Å². The van der Waals surface area contributed by atoms with Crippen molar-refractivity contribution in [1.82, 2.24) is 4.57 Å². The first-order chi connectivity index (χ1) is 19.6. The molecule has 2 aromatic carbocycles. The number of aliphatic carboxylic acids is 1. The zero-order valence-corrected chi connectivity index (χ0v) is 23.1. The van der Waals surface area contributed by atoms with Crippen LogP contribution in [0.25, 0.3) is 5.57 Å². The van der Waals surface area contributed by atoms with E-state index in [0.29, 0.717) is 22.5 Å². The van der Waals surface area contributed by atoms with E-state index >= 15 is 0 Å². The number of carbonyl (C=O) groups is 4. The maximum Gasteiger partial charge on any atom is 0.338 e. The van der Waals surface area contributed by atoms with Gasteiger partial charge in [0.2, 0.25) is 0 Å². The number of benzene rings is 2. The zero-order chi connectivity index (χ0) is 29.6. The third-order valence-electron chi connectivity index (χ3n) is 6.60. The van der Waals surface area contributed by atoms with Crippen LogP contribution in [0.5, 0.6) is 11.5 Å². The minimum atomic E-state index is -1.21. The first kappa shape index (κ1) is 27.5. The highest BCUT2D eigenvalue weighted by Crippen LogP contribution is 2.37. The fourth-order valence-electron chi connectivity index (χ4n) is 4.94. The third-order valence-corrected chi connectivity index (χ3v) is 7.66. The molecule has 2 aliphatic rings. The molecule has 2 aliphatic heterocycles. The SMILES string of the molecule is COC(=O)C1=C(C)N=c2s/c(=C3\C(=O)N(CC(=O)O)c4ccccc43)c(=O)n2C1c1ccc(OC(C)=O)c(OC)c1. The molecule has 5 rings (SSSR count). The topological polar surface area (TPSA) is 154 Å². The average molecular weight is 578 g/mol. The van der Waals surface area contributed by atoms with Gasteiger partial charge in [0.05, 0.1) is 42.8 Å². The largest absolute Gasteiger partial charge is 0.493 e. The van der Waals surface area contributed by atoms with Crippen LogP contribution in [0.2, 0.25) is 0 Å². The number of carboxylic acids is 1. The predicted octanol–water partition coefficient (Wildman–Crippen LogP) is 1.14. The van der Waals surface area contributed by atoms with E-state index in [9.17, 15) is 29.1 Å². The van der Waals surface area contributed by atoms with Crippen molar-refractivity contribution in [3.8, 4) is 11.5 Å². The highest BCUT2D eigenvalue weighted by molar-refractivity contribution is 7.07. The number of carboxylic acid groups (broad SMARTS) is 1. The molecular formula is C28H23N3O9S. The number of aromatic nitrogens is 1. The second kappa shape index (κ2) is 10.5.